The second-order valence-electron chi connectivity index (χ2n) is 3.99. The Hall–Kier alpha value is -1.59. The fraction of sp³-hybridized carbons (Fsp3) is 0.308. The zero-order valence-electron chi connectivity index (χ0n) is 10.9. The van der Waals surface area contributed by atoms with E-state index in [4.69, 9.17) is 27.9 Å². The van der Waals surface area contributed by atoms with Crippen LogP contribution in [0.25, 0.3) is 0 Å². The van der Waals surface area contributed by atoms with E-state index in [2.05, 4.69) is 20.3 Å². The third-order valence-electron chi connectivity index (χ3n) is 2.68. The molecule has 2 aromatic rings. The van der Waals surface area contributed by atoms with Gasteiger partial charge < -0.3 is 10.1 Å². The van der Waals surface area contributed by atoms with Crippen LogP contribution in [-0.4, -0.2) is 27.4 Å². The highest BCUT2D eigenvalue weighted by molar-refractivity contribution is 6.32. The summed E-state index contributed by atoms with van der Waals surface area (Å²) in [4.78, 5) is 12.2. The van der Waals surface area contributed by atoms with Gasteiger partial charge in [0.05, 0.1) is 24.3 Å². The lowest BCUT2D eigenvalue weighted by molar-refractivity contribution is 0.339. The Balaban J connectivity index is 2.08. The molecule has 0 aliphatic rings. The first-order valence-corrected chi connectivity index (χ1v) is 6.96. The van der Waals surface area contributed by atoms with E-state index in [9.17, 15) is 0 Å². The van der Waals surface area contributed by atoms with Crippen LogP contribution >= 0.6 is 23.2 Å². The van der Waals surface area contributed by atoms with E-state index in [0.717, 1.165) is 17.0 Å². The van der Waals surface area contributed by atoms with Gasteiger partial charge in [0, 0.05) is 11.8 Å². The number of ether oxygens (including phenoxy) is 1. The Kier molecular flexibility index (Phi) is 5.38. The van der Waals surface area contributed by atoms with E-state index in [0.29, 0.717) is 29.9 Å². The van der Waals surface area contributed by atoms with Gasteiger partial charge in [-0.3, -0.25) is 4.98 Å². The number of pyridine rings is 1. The van der Waals surface area contributed by atoms with Crippen molar-refractivity contribution >= 4 is 29.0 Å². The van der Waals surface area contributed by atoms with Crippen LogP contribution in [0.3, 0.4) is 0 Å². The summed E-state index contributed by atoms with van der Waals surface area (Å²) in [5.41, 5.74) is 1.84. The van der Waals surface area contributed by atoms with Crippen molar-refractivity contribution in [1.29, 1.82) is 0 Å². The largest absolute Gasteiger partial charge is 0.492 e. The molecule has 20 heavy (non-hydrogen) atoms. The highest BCUT2D eigenvalue weighted by Crippen LogP contribution is 2.21. The molecule has 0 aliphatic heterocycles. The molecule has 0 aromatic carbocycles. The zero-order valence-corrected chi connectivity index (χ0v) is 12.4. The van der Waals surface area contributed by atoms with Crippen molar-refractivity contribution in [2.75, 3.05) is 17.8 Å². The third-order valence-corrected chi connectivity index (χ3v) is 3.12. The van der Waals surface area contributed by atoms with Crippen LogP contribution in [0.2, 0.25) is 5.02 Å². The highest BCUT2D eigenvalue weighted by Gasteiger charge is 2.08. The van der Waals surface area contributed by atoms with Gasteiger partial charge in [-0.05, 0) is 13.0 Å². The van der Waals surface area contributed by atoms with Crippen molar-refractivity contribution in [1.82, 2.24) is 15.0 Å². The topological polar surface area (TPSA) is 59.9 Å². The standard InChI is InChI=1S/C13H14Cl2N4O/c1-9-11(17-4-2-12(9)20-5-3-14)7-18-13-10(15)6-16-8-19-13/h2,4,6,8H,3,5,7H2,1H3,(H,16,18,19). The van der Waals surface area contributed by atoms with Gasteiger partial charge >= 0.3 is 0 Å². The molecule has 0 radical (unpaired) electrons. The monoisotopic (exact) mass is 312 g/mol. The van der Waals surface area contributed by atoms with Crippen molar-refractivity contribution in [3.63, 3.8) is 0 Å². The van der Waals surface area contributed by atoms with Gasteiger partial charge in [0.15, 0.2) is 0 Å². The fourth-order valence-corrected chi connectivity index (χ4v) is 1.90. The molecule has 106 valence electrons. The predicted molar refractivity (Wildman–Crippen MR) is 79.6 cm³/mol. The Morgan fingerprint density at radius 3 is 2.95 bits per heavy atom. The molecule has 0 amide bonds. The number of aromatic nitrogens is 3. The van der Waals surface area contributed by atoms with Gasteiger partial charge in [-0.2, -0.15) is 0 Å². The molecule has 0 saturated heterocycles. The smallest absolute Gasteiger partial charge is 0.148 e. The van der Waals surface area contributed by atoms with E-state index >= 15 is 0 Å². The molecule has 2 heterocycles. The minimum absolute atomic E-state index is 0.450. The average Bonchev–Trinajstić information content (AvgIpc) is 2.46. The van der Waals surface area contributed by atoms with Gasteiger partial charge in [-0.1, -0.05) is 11.6 Å². The Morgan fingerprint density at radius 2 is 2.20 bits per heavy atom. The number of alkyl halides is 1. The summed E-state index contributed by atoms with van der Waals surface area (Å²) in [5.74, 6) is 1.81. The molecule has 2 rings (SSSR count). The van der Waals surface area contributed by atoms with Crippen molar-refractivity contribution in [2.45, 2.75) is 13.5 Å². The third kappa shape index (κ3) is 3.71. The molecule has 5 nitrogen and oxygen atoms in total. The minimum Gasteiger partial charge on any atom is -0.492 e. The maximum Gasteiger partial charge on any atom is 0.148 e. The summed E-state index contributed by atoms with van der Waals surface area (Å²) in [5, 5.41) is 3.60. The Morgan fingerprint density at radius 1 is 1.35 bits per heavy atom. The van der Waals surface area contributed by atoms with Gasteiger partial charge in [0.2, 0.25) is 0 Å². The molecule has 1 N–H and O–H groups in total. The van der Waals surface area contributed by atoms with Gasteiger partial charge in [-0.25, -0.2) is 9.97 Å². The number of nitrogens with zero attached hydrogens (tertiary/aromatic N) is 3. The Bertz CT molecular complexity index is 580. The van der Waals surface area contributed by atoms with Crippen LogP contribution in [0.1, 0.15) is 11.3 Å². The summed E-state index contributed by atoms with van der Waals surface area (Å²) in [6.45, 7) is 2.92. The van der Waals surface area contributed by atoms with Crippen LogP contribution in [0.5, 0.6) is 5.75 Å². The molecular formula is C13H14Cl2N4O. The lowest BCUT2D eigenvalue weighted by Crippen LogP contribution is -2.08. The maximum absolute atomic E-state index is 5.98. The second-order valence-corrected chi connectivity index (χ2v) is 4.78. The molecule has 0 saturated carbocycles. The van der Waals surface area contributed by atoms with E-state index in [1.807, 2.05) is 13.0 Å². The fourth-order valence-electron chi connectivity index (χ4n) is 1.65. The molecular weight excluding hydrogens is 299 g/mol. The minimum atomic E-state index is 0.450. The van der Waals surface area contributed by atoms with Crippen LogP contribution < -0.4 is 10.1 Å². The van der Waals surface area contributed by atoms with Crippen LogP contribution in [0, 0.1) is 6.92 Å². The van der Waals surface area contributed by atoms with Crippen LogP contribution in [0.15, 0.2) is 24.8 Å². The summed E-state index contributed by atoms with van der Waals surface area (Å²) in [7, 11) is 0. The quantitative estimate of drug-likeness (QED) is 0.831. The second kappa shape index (κ2) is 7.26. The number of anilines is 1. The number of hydrogen-bond donors (Lipinski definition) is 1. The van der Waals surface area contributed by atoms with Crippen molar-refractivity contribution < 1.29 is 4.74 Å². The van der Waals surface area contributed by atoms with Crippen molar-refractivity contribution in [2.24, 2.45) is 0 Å². The van der Waals surface area contributed by atoms with E-state index in [1.165, 1.54) is 12.5 Å². The predicted octanol–water partition coefficient (Wildman–Crippen LogP) is 3.06. The van der Waals surface area contributed by atoms with Gasteiger partial charge in [0.25, 0.3) is 0 Å². The molecule has 0 spiro atoms. The number of rotatable bonds is 6. The van der Waals surface area contributed by atoms with Gasteiger partial charge in [0.1, 0.15) is 29.5 Å². The SMILES string of the molecule is Cc1c(OCCCl)ccnc1CNc1ncncc1Cl. The molecule has 2 aromatic heterocycles. The average molecular weight is 313 g/mol. The first kappa shape index (κ1) is 14.8. The van der Waals surface area contributed by atoms with E-state index < -0.39 is 0 Å². The van der Waals surface area contributed by atoms with Crippen LogP contribution in [0.4, 0.5) is 5.82 Å². The molecule has 0 bridgehead atoms. The molecule has 0 unspecified atom stereocenters. The van der Waals surface area contributed by atoms with Crippen LogP contribution in [-0.2, 0) is 6.54 Å². The molecule has 0 atom stereocenters. The summed E-state index contributed by atoms with van der Waals surface area (Å²) in [6, 6.07) is 1.82. The lowest BCUT2D eigenvalue weighted by atomic mass is 10.2. The first-order valence-electron chi connectivity index (χ1n) is 6.05. The van der Waals surface area contributed by atoms with Gasteiger partial charge in [-0.15, -0.1) is 11.6 Å². The first-order chi connectivity index (χ1) is 9.72. The lowest BCUT2D eigenvalue weighted by Gasteiger charge is -2.12. The molecule has 0 fully saturated rings. The normalized spacial score (nSPS) is 10.3. The molecule has 7 heteroatoms. The Labute approximate surface area is 127 Å². The number of halogens is 2. The summed E-state index contributed by atoms with van der Waals surface area (Å²) in [6.07, 6.45) is 4.68. The molecule has 0 aliphatic carbocycles. The van der Waals surface area contributed by atoms with Crippen molar-refractivity contribution in [3.05, 3.63) is 41.1 Å². The number of hydrogen-bond acceptors (Lipinski definition) is 5. The zero-order chi connectivity index (χ0) is 14.4. The summed E-state index contributed by atoms with van der Waals surface area (Å²) >= 11 is 11.6. The maximum atomic E-state index is 5.98. The number of nitrogens with one attached hydrogen (secondary N) is 1. The van der Waals surface area contributed by atoms with E-state index in [1.54, 1.807) is 6.20 Å². The van der Waals surface area contributed by atoms with Crippen molar-refractivity contribution in [3.8, 4) is 5.75 Å². The highest BCUT2D eigenvalue weighted by atomic mass is 35.5. The summed E-state index contributed by atoms with van der Waals surface area (Å²) < 4.78 is 5.55. The van der Waals surface area contributed by atoms with E-state index in [-0.39, 0.29) is 0 Å².